The average Bonchev–Trinajstić information content (AvgIpc) is 3.05. The number of hydrogen-bond donors (Lipinski definition) is 1. The van der Waals surface area contributed by atoms with E-state index in [1.54, 1.807) is 0 Å². The summed E-state index contributed by atoms with van der Waals surface area (Å²) in [5.74, 6) is 1.97. The number of likely N-dealkylation sites (tertiary alicyclic amines) is 1. The Morgan fingerprint density at radius 3 is 2.48 bits per heavy atom. The highest BCUT2D eigenvalue weighted by Gasteiger charge is 2.35. The minimum Gasteiger partial charge on any atom is -0.449 e. The summed E-state index contributed by atoms with van der Waals surface area (Å²) in [6, 6.07) is 5.49. The van der Waals surface area contributed by atoms with Crippen molar-refractivity contribution in [1.29, 1.82) is 0 Å². The number of nitrogens with zero attached hydrogens (tertiary/aromatic N) is 1. The number of benzene rings is 1. The zero-order chi connectivity index (χ0) is 16.0. The summed E-state index contributed by atoms with van der Waals surface area (Å²) in [5, 5.41) is 2.98. The van der Waals surface area contributed by atoms with Gasteiger partial charge < -0.3 is 19.7 Å². The molecule has 5 heteroatoms. The topological polar surface area (TPSA) is 50.8 Å². The van der Waals surface area contributed by atoms with Crippen LogP contribution in [0.2, 0.25) is 0 Å². The second kappa shape index (κ2) is 5.18. The Kier molecular flexibility index (Phi) is 3.25. The van der Waals surface area contributed by atoms with Crippen LogP contribution >= 0.6 is 0 Å². The van der Waals surface area contributed by atoms with E-state index >= 15 is 0 Å². The first-order valence-electron chi connectivity index (χ1n) is 8.23. The number of rotatable bonds is 1. The Morgan fingerprint density at radius 2 is 1.78 bits per heavy atom. The summed E-state index contributed by atoms with van der Waals surface area (Å²) in [6.45, 7) is 5.42. The van der Waals surface area contributed by atoms with Crippen LogP contribution < -0.4 is 14.8 Å². The standard InChI is InChI=1S/C18H22N2O3/c1-18(2)22-15-8-7-14(9-16(15)23-18)19-17(21)20-10-12-5-3-4-6-13(12)11-20/h3-4,7-9,12-13H,5-6,10-11H2,1-2H3,(H,19,21)/t12-,13+. The van der Waals surface area contributed by atoms with E-state index in [-0.39, 0.29) is 6.03 Å². The van der Waals surface area contributed by atoms with Gasteiger partial charge in [0.2, 0.25) is 5.79 Å². The Labute approximate surface area is 136 Å². The van der Waals surface area contributed by atoms with Gasteiger partial charge in [0, 0.05) is 38.7 Å². The SMILES string of the molecule is CC1(C)Oc2ccc(NC(=O)N3C[C@H]4CC=CC[C@H]4C3)cc2O1. The summed E-state index contributed by atoms with van der Waals surface area (Å²) < 4.78 is 11.4. The highest BCUT2D eigenvalue weighted by Crippen LogP contribution is 2.41. The quantitative estimate of drug-likeness (QED) is 0.805. The predicted octanol–water partition coefficient (Wildman–Crippen LogP) is 3.62. The molecule has 1 aromatic rings. The lowest BCUT2D eigenvalue weighted by molar-refractivity contribution is -0.0431. The molecule has 0 aromatic heterocycles. The van der Waals surface area contributed by atoms with E-state index in [1.807, 2.05) is 36.9 Å². The first-order valence-corrected chi connectivity index (χ1v) is 8.23. The molecule has 1 N–H and O–H groups in total. The minimum atomic E-state index is -0.650. The number of carbonyl (C=O) groups excluding carboxylic acids is 1. The van der Waals surface area contributed by atoms with Crippen molar-refractivity contribution in [2.45, 2.75) is 32.5 Å². The minimum absolute atomic E-state index is 0.0301. The van der Waals surface area contributed by atoms with E-state index in [2.05, 4.69) is 17.5 Å². The van der Waals surface area contributed by atoms with Gasteiger partial charge in [0.25, 0.3) is 0 Å². The van der Waals surface area contributed by atoms with Gasteiger partial charge in [0.15, 0.2) is 11.5 Å². The van der Waals surface area contributed by atoms with Crippen molar-refractivity contribution in [2.75, 3.05) is 18.4 Å². The molecule has 2 atom stereocenters. The average molecular weight is 314 g/mol. The van der Waals surface area contributed by atoms with Gasteiger partial charge in [-0.05, 0) is 36.8 Å². The largest absolute Gasteiger partial charge is 0.449 e. The fourth-order valence-corrected chi connectivity index (χ4v) is 3.68. The number of anilines is 1. The van der Waals surface area contributed by atoms with Crippen LogP contribution in [-0.4, -0.2) is 29.8 Å². The summed E-state index contributed by atoms with van der Waals surface area (Å²) in [7, 11) is 0. The lowest BCUT2D eigenvalue weighted by Crippen LogP contribution is -2.33. The van der Waals surface area contributed by atoms with Crippen LogP contribution in [0.15, 0.2) is 30.4 Å². The molecule has 0 radical (unpaired) electrons. The van der Waals surface area contributed by atoms with Crippen molar-refractivity contribution in [3.63, 3.8) is 0 Å². The van der Waals surface area contributed by atoms with Crippen molar-refractivity contribution in [2.24, 2.45) is 11.8 Å². The molecule has 1 aliphatic carbocycles. The fourth-order valence-electron chi connectivity index (χ4n) is 3.68. The fraction of sp³-hybridized carbons (Fsp3) is 0.500. The van der Waals surface area contributed by atoms with Gasteiger partial charge in [-0.15, -0.1) is 0 Å². The first-order chi connectivity index (χ1) is 11.0. The molecular weight excluding hydrogens is 292 g/mol. The van der Waals surface area contributed by atoms with Crippen molar-refractivity contribution in [3.05, 3.63) is 30.4 Å². The van der Waals surface area contributed by atoms with E-state index in [0.717, 1.165) is 31.6 Å². The number of allylic oxidation sites excluding steroid dienone is 2. The molecule has 0 saturated carbocycles. The summed E-state index contributed by atoms with van der Waals surface area (Å²) >= 11 is 0. The molecule has 1 saturated heterocycles. The van der Waals surface area contributed by atoms with Crippen LogP contribution in [0.5, 0.6) is 11.5 Å². The van der Waals surface area contributed by atoms with Crippen LogP contribution in [0, 0.1) is 11.8 Å². The van der Waals surface area contributed by atoms with Gasteiger partial charge in [-0.3, -0.25) is 0 Å². The Bertz CT molecular complexity index is 652. The van der Waals surface area contributed by atoms with E-state index in [9.17, 15) is 4.79 Å². The number of carbonyl (C=O) groups is 1. The molecule has 122 valence electrons. The van der Waals surface area contributed by atoms with Crippen LogP contribution in [0.4, 0.5) is 10.5 Å². The maximum absolute atomic E-state index is 12.5. The molecule has 5 nitrogen and oxygen atoms in total. The predicted molar refractivity (Wildman–Crippen MR) is 87.7 cm³/mol. The molecule has 1 fully saturated rings. The molecular formula is C18H22N2O3. The van der Waals surface area contributed by atoms with E-state index < -0.39 is 5.79 Å². The zero-order valence-electron chi connectivity index (χ0n) is 13.5. The highest BCUT2D eigenvalue weighted by atomic mass is 16.7. The number of urea groups is 1. The lowest BCUT2D eigenvalue weighted by atomic mass is 9.86. The Morgan fingerprint density at radius 1 is 1.13 bits per heavy atom. The monoisotopic (exact) mass is 314 g/mol. The molecule has 0 unspecified atom stereocenters. The van der Waals surface area contributed by atoms with Crippen LogP contribution in [0.3, 0.4) is 0 Å². The number of ether oxygens (including phenoxy) is 2. The zero-order valence-corrected chi connectivity index (χ0v) is 13.5. The summed E-state index contributed by atoms with van der Waals surface area (Å²) in [6.07, 6.45) is 6.66. The second-order valence-corrected chi connectivity index (χ2v) is 7.06. The summed E-state index contributed by atoms with van der Waals surface area (Å²) in [5.41, 5.74) is 0.739. The number of fused-ring (bicyclic) bond motifs is 2. The molecule has 4 rings (SSSR count). The molecule has 0 spiro atoms. The van der Waals surface area contributed by atoms with Gasteiger partial charge in [0.1, 0.15) is 0 Å². The van der Waals surface area contributed by atoms with E-state index in [0.29, 0.717) is 23.3 Å². The number of amides is 2. The second-order valence-electron chi connectivity index (χ2n) is 7.06. The van der Waals surface area contributed by atoms with Gasteiger partial charge >= 0.3 is 6.03 Å². The molecule has 1 aromatic carbocycles. The third-order valence-corrected chi connectivity index (χ3v) is 4.81. The van der Waals surface area contributed by atoms with Crippen molar-refractivity contribution >= 4 is 11.7 Å². The molecule has 2 amide bonds. The number of hydrogen-bond acceptors (Lipinski definition) is 3. The molecule has 0 bridgehead atoms. The molecule has 3 aliphatic rings. The summed E-state index contributed by atoms with van der Waals surface area (Å²) in [4.78, 5) is 14.4. The van der Waals surface area contributed by atoms with E-state index in [1.165, 1.54) is 0 Å². The highest BCUT2D eigenvalue weighted by molar-refractivity contribution is 5.90. The van der Waals surface area contributed by atoms with Gasteiger partial charge in [-0.25, -0.2) is 4.79 Å². The van der Waals surface area contributed by atoms with Crippen molar-refractivity contribution < 1.29 is 14.3 Å². The third-order valence-electron chi connectivity index (χ3n) is 4.81. The van der Waals surface area contributed by atoms with Gasteiger partial charge in [-0.1, -0.05) is 12.2 Å². The van der Waals surface area contributed by atoms with Gasteiger partial charge in [0.05, 0.1) is 0 Å². The van der Waals surface area contributed by atoms with Crippen LogP contribution in [-0.2, 0) is 0 Å². The molecule has 2 heterocycles. The molecule has 2 aliphatic heterocycles. The number of nitrogens with one attached hydrogen (secondary N) is 1. The molecule has 23 heavy (non-hydrogen) atoms. The normalized spacial score (nSPS) is 27.0. The van der Waals surface area contributed by atoms with E-state index in [4.69, 9.17) is 9.47 Å². The maximum Gasteiger partial charge on any atom is 0.321 e. The first kappa shape index (κ1) is 14.4. The van der Waals surface area contributed by atoms with Crippen molar-refractivity contribution in [3.8, 4) is 11.5 Å². The Hall–Kier alpha value is -2.17. The Balaban J connectivity index is 1.42. The lowest BCUT2D eigenvalue weighted by Gasteiger charge is -2.17. The van der Waals surface area contributed by atoms with Crippen LogP contribution in [0.25, 0.3) is 0 Å². The van der Waals surface area contributed by atoms with Crippen LogP contribution in [0.1, 0.15) is 26.7 Å². The maximum atomic E-state index is 12.5. The van der Waals surface area contributed by atoms with Crippen molar-refractivity contribution in [1.82, 2.24) is 4.90 Å². The smallest absolute Gasteiger partial charge is 0.321 e. The van der Waals surface area contributed by atoms with Gasteiger partial charge in [-0.2, -0.15) is 0 Å². The third kappa shape index (κ3) is 2.76.